The molecular weight excluding hydrogens is 300 g/mol. The second-order valence-corrected chi connectivity index (χ2v) is 6.52. The maximum atomic E-state index is 12.3. The molecule has 0 spiro atoms. The average molecular weight is 322 g/mol. The number of nitrogens with zero attached hydrogens (tertiary/aromatic N) is 2. The molecule has 1 aliphatic rings. The Labute approximate surface area is 135 Å². The van der Waals surface area contributed by atoms with E-state index in [1.807, 2.05) is 12.1 Å². The molecule has 0 radical (unpaired) electrons. The fraction of sp³-hybridized carbons (Fsp3) is 0.533. The second kappa shape index (κ2) is 8.03. The van der Waals surface area contributed by atoms with E-state index in [9.17, 15) is 9.59 Å². The van der Waals surface area contributed by atoms with Crippen molar-refractivity contribution in [3.63, 3.8) is 0 Å². The zero-order valence-electron chi connectivity index (χ0n) is 13.0. The van der Waals surface area contributed by atoms with Crippen LogP contribution in [0.25, 0.3) is 0 Å². The summed E-state index contributed by atoms with van der Waals surface area (Å²) in [6.45, 7) is 4.83. The second-order valence-electron chi connectivity index (χ2n) is 5.23. The molecule has 1 aliphatic heterocycles. The van der Waals surface area contributed by atoms with Crippen LogP contribution in [0.2, 0.25) is 0 Å². The van der Waals surface area contributed by atoms with Gasteiger partial charge in [0.15, 0.2) is 0 Å². The van der Waals surface area contributed by atoms with Gasteiger partial charge in [-0.1, -0.05) is 6.92 Å². The molecule has 22 heavy (non-hydrogen) atoms. The number of thioether (sulfide) groups is 1. The van der Waals surface area contributed by atoms with Crippen molar-refractivity contribution in [3.05, 3.63) is 18.3 Å². The summed E-state index contributed by atoms with van der Waals surface area (Å²) >= 11 is 1.66. The Balaban J connectivity index is 1.89. The summed E-state index contributed by atoms with van der Waals surface area (Å²) in [6.07, 6.45) is 3.47. The highest BCUT2D eigenvalue weighted by atomic mass is 32.2. The van der Waals surface area contributed by atoms with Crippen LogP contribution in [0, 0.1) is 0 Å². The van der Waals surface area contributed by atoms with Gasteiger partial charge < -0.3 is 15.5 Å². The number of pyridine rings is 1. The van der Waals surface area contributed by atoms with Crippen LogP contribution in [-0.2, 0) is 4.79 Å². The molecule has 6 nitrogen and oxygen atoms in total. The SMILES string of the molecule is CCSc1ccc(NC(=O)N2CCC[C@@H](NC(C)=O)C2)cn1. The van der Waals surface area contributed by atoms with Crippen LogP contribution >= 0.6 is 11.8 Å². The number of urea groups is 1. The first kappa shape index (κ1) is 16.6. The van der Waals surface area contributed by atoms with E-state index in [1.54, 1.807) is 22.9 Å². The van der Waals surface area contributed by atoms with Crippen molar-refractivity contribution < 1.29 is 9.59 Å². The van der Waals surface area contributed by atoms with Crippen molar-refractivity contribution in [1.29, 1.82) is 0 Å². The van der Waals surface area contributed by atoms with Gasteiger partial charge in [-0.15, -0.1) is 11.8 Å². The summed E-state index contributed by atoms with van der Waals surface area (Å²) in [7, 11) is 0. The molecule has 1 aromatic heterocycles. The van der Waals surface area contributed by atoms with Gasteiger partial charge in [0.1, 0.15) is 0 Å². The molecule has 2 N–H and O–H groups in total. The number of hydrogen-bond donors (Lipinski definition) is 2. The zero-order chi connectivity index (χ0) is 15.9. The standard InChI is InChI=1S/C15H22N4O2S/c1-3-22-14-7-6-12(9-16-14)18-15(21)19-8-4-5-13(10-19)17-11(2)20/h6-7,9,13H,3-5,8,10H2,1-2H3,(H,17,20)(H,18,21)/t13-/m1/s1. The van der Waals surface area contributed by atoms with Gasteiger partial charge in [-0.25, -0.2) is 9.78 Å². The van der Waals surface area contributed by atoms with Crippen LogP contribution in [0.1, 0.15) is 26.7 Å². The van der Waals surface area contributed by atoms with Gasteiger partial charge in [0.2, 0.25) is 5.91 Å². The van der Waals surface area contributed by atoms with Crippen molar-refractivity contribution in [1.82, 2.24) is 15.2 Å². The Kier molecular flexibility index (Phi) is 6.06. The van der Waals surface area contributed by atoms with Crippen LogP contribution < -0.4 is 10.6 Å². The number of carbonyl (C=O) groups is 2. The molecule has 120 valence electrons. The van der Waals surface area contributed by atoms with Crippen molar-refractivity contribution in [2.24, 2.45) is 0 Å². The summed E-state index contributed by atoms with van der Waals surface area (Å²) in [6, 6.07) is 3.66. The van der Waals surface area contributed by atoms with Crippen molar-refractivity contribution in [3.8, 4) is 0 Å². The van der Waals surface area contributed by atoms with Gasteiger partial charge in [-0.2, -0.15) is 0 Å². The van der Waals surface area contributed by atoms with Crippen LogP contribution in [0.15, 0.2) is 23.4 Å². The van der Waals surface area contributed by atoms with Gasteiger partial charge in [0, 0.05) is 26.1 Å². The lowest BCUT2D eigenvalue weighted by Gasteiger charge is -2.32. The predicted molar refractivity (Wildman–Crippen MR) is 88.1 cm³/mol. The smallest absolute Gasteiger partial charge is 0.321 e. The van der Waals surface area contributed by atoms with Crippen molar-refractivity contribution in [2.75, 3.05) is 24.2 Å². The molecular formula is C15H22N4O2S. The predicted octanol–water partition coefficient (Wildman–Crippen LogP) is 2.33. The molecule has 7 heteroatoms. The number of hydrogen-bond acceptors (Lipinski definition) is 4. The van der Waals surface area contributed by atoms with E-state index < -0.39 is 0 Å². The number of amides is 3. The topological polar surface area (TPSA) is 74.3 Å². The summed E-state index contributed by atoms with van der Waals surface area (Å²) < 4.78 is 0. The molecule has 1 fully saturated rings. The highest BCUT2D eigenvalue weighted by Crippen LogP contribution is 2.17. The van der Waals surface area contributed by atoms with Gasteiger partial charge >= 0.3 is 6.03 Å². The Bertz CT molecular complexity index is 521. The highest BCUT2D eigenvalue weighted by molar-refractivity contribution is 7.99. The van der Waals surface area contributed by atoms with Gasteiger partial charge in [0.05, 0.1) is 16.9 Å². The lowest BCUT2D eigenvalue weighted by atomic mass is 10.1. The monoisotopic (exact) mass is 322 g/mol. The molecule has 0 aromatic carbocycles. The van der Waals surface area contributed by atoms with E-state index >= 15 is 0 Å². The molecule has 1 saturated heterocycles. The third-order valence-electron chi connectivity index (χ3n) is 3.40. The van der Waals surface area contributed by atoms with Crippen LogP contribution in [0.5, 0.6) is 0 Å². The highest BCUT2D eigenvalue weighted by Gasteiger charge is 2.24. The first-order valence-electron chi connectivity index (χ1n) is 7.50. The Hall–Kier alpha value is -1.76. The number of anilines is 1. The van der Waals surface area contributed by atoms with E-state index in [0.717, 1.165) is 23.6 Å². The summed E-state index contributed by atoms with van der Waals surface area (Å²) in [5, 5.41) is 6.68. The Morgan fingerprint density at radius 3 is 2.91 bits per heavy atom. The van der Waals surface area contributed by atoms with E-state index in [4.69, 9.17) is 0 Å². The number of piperidine rings is 1. The lowest BCUT2D eigenvalue weighted by molar-refractivity contribution is -0.119. The first-order chi connectivity index (χ1) is 10.6. The van der Waals surface area contributed by atoms with Gasteiger partial charge in [0.25, 0.3) is 0 Å². The number of aromatic nitrogens is 1. The largest absolute Gasteiger partial charge is 0.352 e. The molecule has 0 saturated carbocycles. The molecule has 2 heterocycles. The number of carbonyl (C=O) groups excluding carboxylic acids is 2. The van der Waals surface area contributed by atoms with Gasteiger partial charge in [-0.05, 0) is 30.7 Å². The molecule has 0 unspecified atom stereocenters. The minimum Gasteiger partial charge on any atom is -0.352 e. The maximum Gasteiger partial charge on any atom is 0.321 e. The van der Waals surface area contributed by atoms with Crippen LogP contribution in [0.4, 0.5) is 10.5 Å². The van der Waals surface area contributed by atoms with E-state index in [2.05, 4.69) is 22.5 Å². The molecule has 2 rings (SSSR count). The van der Waals surface area contributed by atoms with Crippen molar-refractivity contribution in [2.45, 2.75) is 37.8 Å². The van der Waals surface area contributed by atoms with E-state index in [-0.39, 0.29) is 18.0 Å². The summed E-state index contributed by atoms with van der Waals surface area (Å²) in [5.41, 5.74) is 0.687. The van der Waals surface area contributed by atoms with Crippen LogP contribution in [-0.4, -0.2) is 46.7 Å². The fourth-order valence-corrected chi connectivity index (χ4v) is 3.04. The van der Waals surface area contributed by atoms with Crippen LogP contribution in [0.3, 0.4) is 0 Å². The summed E-state index contributed by atoms with van der Waals surface area (Å²) in [5.74, 6) is 0.914. The van der Waals surface area contributed by atoms with Crippen molar-refractivity contribution >= 4 is 29.4 Å². The Morgan fingerprint density at radius 2 is 2.27 bits per heavy atom. The quantitative estimate of drug-likeness (QED) is 0.834. The number of rotatable bonds is 4. The Morgan fingerprint density at radius 1 is 1.45 bits per heavy atom. The minimum absolute atomic E-state index is 0.0402. The third-order valence-corrected chi connectivity index (χ3v) is 4.22. The zero-order valence-corrected chi connectivity index (χ0v) is 13.8. The lowest BCUT2D eigenvalue weighted by Crippen LogP contribution is -2.50. The fourth-order valence-electron chi connectivity index (χ4n) is 2.46. The molecule has 1 atom stereocenters. The van der Waals surface area contributed by atoms with Gasteiger partial charge in [-0.3, -0.25) is 4.79 Å². The summed E-state index contributed by atoms with van der Waals surface area (Å²) in [4.78, 5) is 29.4. The number of nitrogens with one attached hydrogen (secondary N) is 2. The normalized spacial score (nSPS) is 17.9. The maximum absolute atomic E-state index is 12.3. The molecule has 3 amide bonds. The minimum atomic E-state index is -0.146. The van der Waals surface area contributed by atoms with E-state index in [0.29, 0.717) is 18.8 Å². The van der Waals surface area contributed by atoms with E-state index in [1.165, 1.54) is 6.92 Å². The molecule has 1 aromatic rings. The average Bonchev–Trinajstić information content (AvgIpc) is 2.49. The molecule has 0 aliphatic carbocycles. The first-order valence-corrected chi connectivity index (χ1v) is 8.49. The number of likely N-dealkylation sites (tertiary alicyclic amines) is 1. The third kappa shape index (κ3) is 4.91. The molecule has 0 bridgehead atoms.